The number of hydrogen-bond acceptors (Lipinski definition) is 6. The Labute approximate surface area is 181 Å². The van der Waals surface area contributed by atoms with Gasteiger partial charge in [-0.1, -0.05) is 11.3 Å². The lowest BCUT2D eigenvalue weighted by molar-refractivity contribution is -0.115. The van der Waals surface area contributed by atoms with Crippen molar-refractivity contribution in [1.82, 2.24) is 14.8 Å². The van der Waals surface area contributed by atoms with E-state index in [0.717, 1.165) is 21.0 Å². The molecular weight excluding hydrogens is 423 g/mol. The predicted molar refractivity (Wildman–Crippen MR) is 118 cm³/mol. The smallest absolute Gasteiger partial charge is 0.226 e. The summed E-state index contributed by atoms with van der Waals surface area (Å²) in [6.45, 7) is 1.85. The number of halogens is 1. The average molecular weight is 443 g/mol. The molecule has 0 aliphatic carbocycles. The molecule has 6 nitrogen and oxygen atoms in total. The lowest BCUT2D eigenvalue weighted by Crippen LogP contribution is -2.15. The van der Waals surface area contributed by atoms with Crippen LogP contribution in [0.1, 0.15) is 12.1 Å². The van der Waals surface area contributed by atoms with Gasteiger partial charge in [-0.3, -0.25) is 4.79 Å². The zero-order valence-electron chi connectivity index (χ0n) is 16.4. The molecule has 0 atom stereocenters. The van der Waals surface area contributed by atoms with Crippen LogP contribution in [0.3, 0.4) is 0 Å². The van der Waals surface area contributed by atoms with Crippen LogP contribution < -0.4 is 10.1 Å². The van der Waals surface area contributed by atoms with Gasteiger partial charge in [-0.05, 0) is 49.4 Å². The van der Waals surface area contributed by atoms with Crippen molar-refractivity contribution in [3.63, 3.8) is 0 Å². The van der Waals surface area contributed by atoms with Gasteiger partial charge in [-0.15, -0.1) is 11.8 Å². The van der Waals surface area contributed by atoms with Gasteiger partial charge in [-0.25, -0.2) is 9.37 Å². The first-order valence-corrected chi connectivity index (χ1v) is 11.0. The van der Waals surface area contributed by atoms with Gasteiger partial charge >= 0.3 is 0 Å². The number of nitrogens with one attached hydrogen (secondary N) is 1. The molecule has 1 N–H and O–H groups in total. The molecule has 0 bridgehead atoms. The lowest BCUT2D eigenvalue weighted by atomic mass is 10.3. The molecule has 2 aromatic carbocycles. The highest BCUT2D eigenvalue weighted by Crippen LogP contribution is 2.28. The van der Waals surface area contributed by atoms with Crippen LogP contribution in [0.15, 0.2) is 53.4 Å². The molecule has 30 heavy (non-hydrogen) atoms. The molecule has 0 spiro atoms. The second-order valence-electron chi connectivity index (χ2n) is 6.51. The fourth-order valence-electron chi connectivity index (χ4n) is 2.85. The summed E-state index contributed by atoms with van der Waals surface area (Å²) in [5.74, 6) is 1.58. The Morgan fingerprint density at radius 2 is 2.03 bits per heavy atom. The van der Waals surface area contributed by atoms with Crippen LogP contribution >= 0.6 is 23.1 Å². The molecule has 0 saturated carbocycles. The maximum atomic E-state index is 13.5. The largest absolute Gasteiger partial charge is 0.497 e. The summed E-state index contributed by atoms with van der Waals surface area (Å²) in [6, 6.07) is 14.0. The number of hydrogen-bond donors (Lipinski definition) is 1. The molecule has 0 unspecified atom stereocenters. The van der Waals surface area contributed by atoms with Crippen molar-refractivity contribution in [1.29, 1.82) is 0 Å². The summed E-state index contributed by atoms with van der Waals surface area (Å²) in [5, 5.41) is 7.92. The van der Waals surface area contributed by atoms with E-state index in [1.54, 1.807) is 35.7 Å². The number of thioether (sulfide) groups is 1. The summed E-state index contributed by atoms with van der Waals surface area (Å²) >= 11 is 2.92. The van der Waals surface area contributed by atoms with Crippen LogP contribution in [-0.4, -0.2) is 33.5 Å². The number of ether oxygens (including phenoxy) is 1. The maximum Gasteiger partial charge on any atom is 0.226 e. The molecule has 154 valence electrons. The number of fused-ring (bicyclic) bond motifs is 1. The number of thiazole rings is 1. The normalized spacial score (nSPS) is 11.0. The van der Waals surface area contributed by atoms with E-state index in [0.29, 0.717) is 28.6 Å². The quantitative estimate of drug-likeness (QED) is 0.405. The van der Waals surface area contributed by atoms with Gasteiger partial charge < -0.3 is 10.1 Å². The summed E-state index contributed by atoms with van der Waals surface area (Å²) in [5.41, 5.74) is 1.45. The minimum absolute atomic E-state index is 0.107. The maximum absolute atomic E-state index is 13.5. The van der Waals surface area contributed by atoms with Crippen molar-refractivity contribution in [3.05, 3.63) is 60.0 Å². The predicted octanol–water partition coefficient (Wildman–Crippen LogP) is 5.06. The SMILES string of the molecule is COc1ccc(SCCC(=O)Nc2cc(C)nn2-c2nc3ccc(F)cc3s2)cc1. The Bertz CT molecular complexity index is 1190. The zero-order chi connectivity index (χ0) is 21.1. The van der Waals surface area contributed by atoms with Crippen LogP contribution in [0.5, 0.6) is 5.75 Å². The average Bonchev–Trinajstić information content (AvgIpc) is 3.30. The minimum atomic E-state index is -0.308. The standard InChI is InChI=1S/C21H19FN4O2S2/c1-13-11-19(24-20(27)9-10-29-16-6-4-15(28-2)5-7-16)26(25-13)21-23-17-8-3-14(22)12-18(17)30-21/h3-8,11-12H,9-10H2,1-2H3,(H,24,27). The van der Waals surface area contributed by atoms with Crippen molar-refractivity contribution >= 4 is 45.0 Å². The molecule has 0 radical (unpaired) electrons. The van der Waals surface area contributed by atoms with E-state index >= 15 is 0 Å². The van der Waals surface area contributed by atoms with Crippen molar-refractivity contribution in [2.24, 2.45) is 0 Å². The highest BCUT2D eigenvalue weighted by Gasteiger charge is 2.15. The minimum Gasteiger partial charge on any atom is -0.497 e. The van der Waals surface area contributed by atoms with Crippen molar-refractivity contribution in [2.75, 3.05) is 18.2 Å². The third-order valence-corrected chi connectivity index (χ3v) is 6.28. The summed E-state index contributed by atoms with van der Waals surface area (Å²) < 4.78 is 20.9. The Morgan fingerprint density at radius 3 is 2.80 bits per heavy atom. The third-order valence-electron chi connectivity index (χ3n) is 4.28. The van der Waals surface area contributed by atoms with Crippen LogP contribution in [0.25, 0.3) is 15.3 Å². The van der Waals surface area contributed by atoms with E-state index in [9.17, 15) is 9.18 Å². The molecular formula is C21H19FN4O2S2. The first kappa shape index (κ1) is 20.4. The van der Waals surface area contributed by atoms with Crippen molar-refractivity contribution < 1.29 is 13.9 Å². The molecule has 9 heteroatoms. The number of carbonyl (C=O) groups is 1. The van der Waals surface area contributed by atoms with Crippen molar-refractivity contribution in [3.8, 4) is 10.9 Å². The molecule has 0 aliphatic rings. The number of nitrogens with zero attached hydrogens (tertiary/aromatic N) is 3. The van der Waals surface area contributed by atoms with Gasteiger partial charge in [0.2, 0.25) is 11.0 Å². The first-order chi connectivity index (χ1) is 14.5. The van der Waals surface area contributed by atoms with Crippen molar-refractivity contribution in [2.45, 2.75) is 18.2 Å². The summed E-state index contributed by atoms with van der Waals surface area (Å²) in [6.07, 6.45) is 0.353. The second kappa shape index (κ2) is 8.85. The molecule has 0 aliphatic heterocycles. The topological polar surface area (TPSA) is 69.0 Å². The molecule has 4 rings (SSSR count). The molecule has 0 fully saturated rings. The van der Waals surface area contributed by atoms with E-state index in [4.69, 9.17) is 4.74 Å². The Balaban J connectivity index is 1.42. The third kappa shape index (κ3) is 4.63. The highest BCUT2D eigenvalue weighted by molar-refractivity contribution is 7.99. The van der Waals surface area contributed by atoms with E-state index in [2.05, 4.69) is 15.4 Å². The van der Waals surface area contributed by atoms with Crippen LogP contribution in [-0.2, 0) is 4.79 Å². The molecule has 2 heterocycles. The molecule has 0 saturated heterocycles. The second-order valence-corrected chi connectivity index (χ2v) is 8.69. The van der Waals surface area contributed by atoms with Gasteiger partial charge in [-0.2, -0.15) is 9.78 Å². The summed E-state index contributed by atoms with van der Waals surface area (Å²) in [7, 11) is 1.63. The van der Waals surface area contributed by atoms with Gasteiger partial charge in [0.15, 0.2) is 0 Å². The number of rotatable bonds is 7. The molecule has 2 aromatic heterocycles. The van der Waals surface area contributed by atoms with E-state index in [1.165, 1.54) is 23.5 Å². The van der Waals surface area contributed by atoms with E-state index in [1.807, 2.05) is 31.2 Å². The number of amides is 1. The number of methoxy groups -OCH3 is 1. The van der Waals surface area contributed by atoms with Gasteiger partial charge in [0.05, 0.1) is 23.0 Å². The fourth-order valence-corrected chi connectivity index (χ4v) is 4.66. The van der Waals surface area contributed by atoms with Gasteiger partial charge in [0, 0.05) is 23.1 Å². The zero-order valence-corrected chi connectivity index (χ0v) is 18.0. The number of benzene rings is 2. The Morgan fingerprint density at radius 1 is 1.23 bits per heavy atom. The van der Waals surface area contributed by atoms with E-state index in [-0.39, 0.29) is 11.7 Å². The first-order valence-electron chi connectivity index (χ1n) is 9.21. The number of anilines is 1. The molecule has 1 amide bonds. The van der Waals surface area contributed by atoms with Gasteiger partial charge in [0.25, 0.3) is 0 Å². The highest BCUT2D eigenvalue weighted by atomic mass is 32.2. The number of aromatic nitrogens is 3. The fraction of sp³-hybridized carbons (Fsp3) is 0.190. The number of aryl methyl sites for hydroxylation is 1. The van der Waals surface area contributed by atoms with Gasteiger partial charge in [0.1, 0.15) is 17.4 Å². The number of carbonyl (C=O) groups excluding carboxylic acids is 1. The Hall–Kier alpha value is -2.91. The van der Waals surface area contributed by atoms with Crippen LogP contribution in [0.2, 0.25) is 0 Å². The Kier molecular flexibility index (Phi) is 6.01. The van der Waals surface area contributed by atoms with E-state index < -0.39 is 0 Å². The monoisotopic (exact) mass is 442 g/mol. The molecule has 4 aromatic rings. The lowest BCUT2D eigenvalue weighted by Gasteiger charge is -2.07. The van der Waals surface area contributed by atoms with Crippen LogP contribution in [0.4, 0.5) is 10.2 Å². The van der Waals surface area contributed by atoms with Crippen LogP contribution in [0, 0.1) is 12.7 Å². The summed E-state index contributed by atoms with van der Waals surface area (Å²) in [4.78, 5) is 18.0.